The molecule has 0 saturated carbocycles. The SMILES string of the molecule is Cc1cc(C(O)CCc2cccs2)ccn1. The van der Waals surface area contributed by atoms with Crippen LogP contribution in [0.1, 0.15) is 28.7 Å². The van der Waals surface area contributed by atoms with Gasteiger partial charge in [-0.15, -0.1) is 11.3 Å². The Morgan fingerprint density at radius 1 is 1.44 bits per heavy atom. The van der Waals surface area contributed by atoms with Crippen LogP contribution < -0.4 is 0 Å². The summed E-state index contributed by atoms with van der Waals surface area (Å²) in [5, 5.41) is 12.1. The Bertz CT molecular complexity index is 439. The smallest absolute Gasteiger partial charge is 0.0794 e. The van der Waals surface area contributed by atoms with Crippen LogP contribution in [0.5, 0.6) is 0 Å². The second-order valence-electron chi connectivity index (χ2n) is 3.86. The molecule has 0 saturated heterocycles. The number of pyridine rings is 1. The van der Waals surface area contributed by atoms with E-state index in [4.69, 9.17) is 0 Å². The molecule has 2 heterocycles. The Balaban J connectivity index is 1.95. The highest BCUT2D eigenvalue weighted by Gasteiger charge is 2.08. The number of aromatic nitrogens is 1. The monoisotopic (exact) mass is 233 g/mol. The van der Waals surface area contributed by atoms with Gasteiger partial charge in [0, 0.05) is 16.8 Å². The Morgan fingerprint density at radius 3 is 3.00 bits per heavy atom. The minimum absolute atomic E-state index is 0.385. The highest BCUT2D eigenvalue weighted by molar-refractivity contribution is 7.09. The molecular weight excluding hydrogens is 218 g/mol. The minimum atomic E-state index is -0.385. The zero-order valence-corrected chi connectivity index (χ0v) is 10.1. The van der Waals surface area contributed by atoms with Crippen LogP contribution >= 0.6 is 11.3 Å². The zero-order chi connectivity index (χ0) is 11.4. The van der Waals surface area contributed by atoms with Crippen molar-refractivity contribution >= 4 is 11.3 Å². The van der Waals surface area contributed by atoms with E-state index >= 15 is 0 Å². The topological polar surface area (TPSA) is 33.1 Å². The largest absolute Gasteiger partial charge is 0.388 e. The third-order valence-electron chi connectivity index (χ3n) is 2.55. The quantitative estimate of drug-likeness (QED) is 0.880. The predicted molar refractivity (Wildman–Crippen MR) is 66.6 cm³/mol. The summed E-state index contributed by atoms with van der Waals surface area (Å²) in [6.07, 6.45) is 3.06. The zero-order valence-electron chi connectivity index (χ0n) is 9.26. The minimum Gasteiger partial charge on any atom is -0.388 e. The second-order valence-corrected chi connectivity index (χ2v) is 4.90. The molecule has 0 amide bonds. The summed E-state index contributed by atoms with van der Waals surface area (Å²) in [7, 11) is 0. The van der Waals surface area contributed by atoms with Gasteiger partial charge >= 0.3 is 0 Å². The summed E-state index contributed by atoms with van der Waals surface area (Å²) in [6.45, 7) is 1.94. The van der Waals surface area contributed by atoms with Crippen molar-refractivity contribution in [2.75, 3.05) is 0 Å². The van der Waals surface area contributed by atoms with Crippen LogP contribution in [-0.4, -0.2) is 10.1 Å². The molecule has 3 heteroatoms. The third kappa shape index (κ3) is 2.90. The molecule has 1 atom stereocenters. The van der Waals surface area contributed by atoms with E-state index in [0.29, 0.717) is 0 Å². The maximum atomic E-state index is 10.0. The molecule has 84 valence electrons. The number of aliphatic hydroxyl groups is 1. The molecular formula is C13H15NOS. The van der Waals surface area contributed by atoms with Crippen LogP contribution in [0.15, 0.2) is 35.8 Å². The predicted octanol–water partition coefficient (Wildman–Crippen LogP) is 3.12. The van der Waals surface area contributed by atoms with Gasteiger partial charge in [-0.25, -0.2) is 0 Å². The lowest BCUT2D eigenvalue weighted by molar-refractivity contribution is 0.168. The van der Waals surface area contributed by atoms with Crippen LogP contribution in [0.2, 0.25) is 0 Å². The average Bonchev–Trinajstić information content (AvgIpc) is 2.78. The van der Waals surface area contributed by atoms with Crippen molar-refractivity contribution in [1.29, 1.82) is 0 Å². The molecule has 0 bridgehead atoms. The summed E-state index contributed by atoms with van der Waals surface area (Å²) in [4.78, 5) is 5.45. The van der Waals surface area contributed by atoms with Crippen LogP contribution in [0.4, 0.5) is 0 Å². The lowest BCUT2D eigenvalue weighted by atomic mass is 10.1. The highest BCUT2D eigenvalue weighted by atomic mass is 32.1. The van der Waals surface area contributed by atoms with E-state index in [1.54, 1.807) is 17.5 Å². The van der Waals surface area contributed by atoms with E-state index in [1.165, 1.54) is 4.88 Å². The fraction of sp³-hybridized carbons (Fsp3) is 0.308. The van der Waals surface area contributed by atoms with Gasteiger partial charge in [0.1, 0.15) is 0 Å². The summed E-state index contributed by atoms with van der Waals surface area (Å²) >= 11 is 1.74. The van der Waals surface area contributed by atoms with Crippen molar-refractivity contribution in [3.8, 4) is 0 Å². The van der Waals surface area contributed by atoms with E-state index < -0.39 is 0 Å². The average molecular weight is 233 g/mol. The number of aryl methyl sites for hydroxylation is 2. The Morgan fingerprint density at radius 2 is 2.31 bits per heavy atom. The molecule has 0 spiro atoms. The molecule has 0 radical (unpaired) electrons. The van der Waals surface area contributed by atoms with Crippen molar-refractivity contribution in [2.24, 2.45) is 0 Å². The highest BCUT2D eigenvalue weighted by Crippen LogP contribution is 2.20. The summed E-state index contributed by atoms with van der Waals surface area (Å²) < 4.78 is 0. The van der Waals surface area contributed by atoms with Crippen LogP contribution in [0.3, 0.4) is 0 Å². The van der Waals surface area contributed by atoms with Crippen molar-refractivity contribution in [2.45, 2.75) is 25.9 Å². The lowest BCUT2D eigenvalue weighted by Crippen LogP contribution is -1.99. The number of nitrogens with zero attached hydrogens (tertiary/aromatic N) is 1. The number of hydrogen-bond donors (Lipinski definition) is 1. The van der Waals surface area contributed by atoms with Crippen molar-refractivity contribution in [1.82, 2.24) is 4.98 Å². The Kier molecular flexibility index (Phi) is 3.70. The molecule has 2 nitrogen and oxygen atoms in total. The van der Waals surface area contributed by atoms with Crippen LogP contribution in [0, 0.1) is 6.92 Å². The van der Waals surface area contributed by atoms with Gasteiger partial charge in [-0.1, -0.05) is 6.07 Å². The molecule has 2 aromatic heterocycles. The van der Waals surface area contributed by atoms with Gasteiger partial charge in [0.15, 0.2) is 0 Å². The number of thiophene rings is 1. The fourth-order valence-corrected chi connectivity index (χ4v) is 2.40. The van der Waals surface area contributed by atoms with Gasteiger partial charge < -0.3 is 5.11 Å². The van der Waals surface area contributed by atoms with Crippen molar-refractivity contribution in [3.05, 3.63) is 52.0 Å². The summed E-state index contributed by atoms with van der Waals surface area (Å²) in [5.41, 5.74) is 1.91. The molecule has 0 aliphatic heterocycles. The lowest BCUT2D eigenvalue weighted by Gasteiger charge is -2.10. The molecule has 2 aromatic rings. The number of hydrogen-bond acceptors (Lipinski definition) is 3. The maximum absolute atomic E-state index is 10.0. The fourth-order valence-electron chi connectivity index (χ4n) is 1.68. The van der Waals surface area contributed by atoms with Gasteiger partial charge in [-0.3, -0.25) is 4.98 Å². The molecule has 16 heavy (non-hydrogen) atoms. The van der Waals surface area contributed by atoms with Crippen LogP contribution in [0.25, 0.3) is 0 Å². The Hall–Kier alpha value is -1.19. The first-order valence-electron chi connectivity index (χ1n) is 5.39. The second kappa shape index (κ2) is 5.23. The summed E-state index contributed by atoms with van der Waals surface area (Å²) in [5.74, 6) is 0. The van der Waals surface area contributed by atoms with Gasteiger partial charge in [0.25, 0.3) is 0 Å². The van der Waals surface area contributed by atoms with E-state index in [9.17, 15) is 5.11 Å². The number of rotatable bonds is 4. The maximum Gasteiger partial charge on any atom is 0.0794 e. The van der Waals surface area contributed by atoms with Gasteiger partial charge in [0.05, 0.1) is 6.10 Å². The molecule has 0 aliphatic carbocycles. The molecule has 1 N–H and O–H groups in total. The molecule has 0 aromatic carbocycles. The van der Waals surface area contributed by atoms with Crippen molar-refractivity contribution in [3.63, 3.8) is 0 Å². The van der Waals surface area contributed by atoms with E-state index in [-0.39, 0.29) is 6.10 Å². The van der Waals surface area contributed by atoms with Gasteiger partial charge in [-0.2, -0.15) is 0 Å². The first-order valence-corrected chi connectivity index (χ1v) is 6.26. The van der Waals surface area contributed by atoms with Crippen molar-refractivity contribution < 1.29 is 5.11 Å². The van der Waals surface area contributed by atoms with Crippen LogP contribution in [-0.2, 0) is 6.42 Å². The van der Waals surface area contributed by atoms with Gasteiger partial charge in [0.2, 0.25) is 0 Å². The standard InChI is InChI=1S/C13H15NOS/c1-10-9-11(6-7-14-10)13(15)5-4-12-3-2-8-16-12/h2-3,6-9,13,15H,4-5H2,1H3. The summed E-state index contributed by atoms with van der Waals surface area (Å²) in [6, 6.07) is 7.98. The van der Waals surface area contributed by atoms with E-state index in [2.05, 4.69) is 16.4 Å². The third-order valence-corrected chi connectivity index (χ3v) is 3.49. The van der Waals surface area contributed by atoms with E-state index in [0.717, 1.165) is 24.1 Å². The Labute approximate surface area is 99.6 Å². The normalized spacial score (nSPS) is 12.6. The molecule has 0 aliphatic rings. The molecule has 0 fully saturated rings. The van der Waals surface area contributed by atoms with E-state index in [1.807, 2.05) is 25.1 Å². The molecule has 2 rings (SSSR count). The first-order chi connectivity index (χ1) is 7.75. The van der Waals surface area contributed by atoms with Gasteiger partial charge in [-0.05, 0) is 48.9 Å². The number of aliphatic hydroxyl groups excluding tert-OH is 1. The molecule has 1 unspecified atom stereocenters. The first kappa shape index (κ1) is 11.3.